The molecule has 0 heterocycles. The maximum atomic E-state index is 10.6. The van der Waals surface area contributed by atoms with Crippen molar-refractivity contribution in [3.05, 3.63) is 0 Å². The van der Waals surface area contributed by atoms with Gasteiger partial charge in [0, 0.05) is 12.1 Å². The molecule has 1 amide bonds. The lowest BCUT2D eigenvalue weighted by atomic mass is 10.1. The van der Waals surface area contributed by atoms with E-state index < -0.39 is 11.4 Å². The molecule has 0 fully saturated rings. The summed E-state index contributed by atoms with van der Waals surface area (Å²) in [5, 5.41) is 2.56. The smallest absolute Gasteiger partial charge is 0.296 e. The third-order valence-corrected chi connectivity index (χ3v) is 1.09. The van der Waals surface area contributed by atoms with Gasteiger partial charge in [0.2, 0.25) is 0 Å². The van der Waals surface area contributed by atoms with Crippen molar-refractivity contribution in [3.63, 3.8) is 0 Å². The molecule has 0 radical (unpaired) electrons. The van der Waals surface area contributed by atoms with Gasteiger partial charge in [-0.2, -0.15) is 0 Å². The van der Waals surface area contributed by atoms with Crippen LogP contribution < -0.4 is 11.1 Å². The molecule has 0 rings (SSSR count). The third kappa shape index (κ3) is 3.10. The topological polar surface area (TPSA) is 55.1 Å². The molecule has 0 aliphatic heterocycles. The fraction of sp³-hybridized carbons (Fsp3) is 0.571. The summed E-state index contributed by atoms with van der Waals surface area (Å²) in [7, 11) is 0. The Morgan fingerprint density at radius 2 is 2.30 bits per heavy atom. The molecule has 10 heavy (non-hydrogen) atoms. The highest BCUT2D eigenvalue weighted by atomic mass is 16.1. The first-order chi connectivity index (χ1) is 4.52. The third-order valence-electron chi connectivity index (χ3n) is 1.09. The second-order valence-electron chi connectivity index (χ2n) is 2.69. The molecule has 0 spiro atoms. The number of nitrogens with two attached hydrogens (primary N) is 1. The Hall–Kier alpha value is -1.01. The maximum Gasteiger partial charge on any atom is 0.296 e. The van der Waals surface area contributed by atoms with E-state index in [2.05, 4.69) is 5.32 Å². The van der Waals surface area contributed by atoms with Crippen molar-refractivity contribution >= 4 is 5.91 Å². The van der Waals surface area contributed by atoms with Crippen LogP contribution in [0, 0.1) is 12.3 Å². The van der Waals surface area contributed by atoms with Crippen molar-refractivity contribution in [1.82, 2.24) is 5.32 Å². The Kier molecular flexibility index (Phi) is 2.91. The summed E-state index contributed by atoms with van der Waals surface area (Å²) < 4.78 is 0. The summed E-state index contributed by atoms with van der Waals surface area (Å²) >= 11 is 0. The van der Waals surface area contributed by atoms with Crippen LogP contribution in [0.1, 0.15) is 13.8 Å². The normalized spacial score (nSPS) is 10.2. The van der Waals surface area contributed by atoms with E-state index in [-0.39, 0.29) is 0 Å². The minimum Gasteiger partial charge on any atom is -0.339 e. The lowest BCUT2D eigenvalue weighted by molar-refractivity contribution is -0.117. The molecule has 56 valence electrons. The van der Waals surface area contributed by atoms with E-state index >= 15 is 0 Å². The van der Waals surface area contributed by atoms with Gasteiger partial charge in [-0.15, -0.1) is 6.42 Å². The molecular weight excluding hydrogens is 128 g/mol. The second kappa shape index (κ2) is 3.23. The van der Waals surface area contributed by atoms with Gasteiger partial charge in [-0.25, -0.2) is 0 Å². The molecule has 0 aromatic rings. The molecule has 0 aliphatic rings. The van der Waals surface area contributed by atoms with Crippen molar-refractivity contribution in [2.75, 3.05) is 6.54 Å². The van der Waals surface area contributed by atoms with Crippen LogP contribution in [0.4, 0.5) is 0 Å². The molecular formula is C7H12N2O. The van der Waals surface area contributed by atoms with E-state index in [4.69, 9.17) is 12.2 Å². The van der Waals surface area contributed by atoms with Crippen LogP contribution in [-0.4, -0.2) is 18.0 Å². The fourth-order valence-corrected chi connectivity index (χ4v) is 0.394. The average molecular weight is 140 g/mol. The predicted molar refractivity (Wildman–Crippen MR) is 40.1 cm³/mol. The summed E-state index contributed by atoms with van der Waals surface area (Å²) in [5.74, 6) is 1.53. The zero-order valence-electron chi connectivity index (χ0n) is 6.27. The molecule has 3 N–H and O–H groups in total. The summed E-state index contributed by atoms with van der Waals surface area (Å²) in [6.45, 7) is 3.99. The van der Waals surface area contributed by atoms with Gasteiger partial charge in [-0.1, -0.05) is 0 Å². The van der Waals surface area contributed by atoms with Crippen molar-refractivity contribution < 1.29 is 4.79 Å². The number of nitrogens with one attached hydrogen (secondary N) is 1. The van der Waals surface area contributed by atoms with Crippen molar-refractivity contribution in [3.8, 4) is 12.3 Å². The lowest BCUT2D eigenvalue weighted by Gasteiger charge is -2.22. The Morgan fingerprint density at radius 1 is 1.80 bits per heavy atom. The fourth-order valence-electron chi connectivity index (χ4n) is 0.394. The van der Waals surface area contributed by atoms with Crippen molar-refractivity contribution in [2.24, 2.45) is 5.73 Å². The maximum absolute atomic E-state index is 10.6. The van der Waals surface area contributed by atoms with Gasteiger partial charge < -0.3 is 11.1 Å². The number of carbonyl (C=O) groups excluding carboxylic acids is 1. The van der Waals surface area contributed by atoms with Crippen LogP contribution in [0.2, 0.25) is 0 Å². The lowest BCUT2D eigenvalue weighted by Crippen LogP contribution is -2.48. The summed E-state index contributed by atoms with van der Waals surface area (Å²) in [5.41, 5.74) is 4.93. The van der Waals surface area contributed by atoms with Crippen LogP contribution >= 0.6 is 0 Å². The summed E-state index contributed by atoms with van der Waals surface area (Å²) in [6, 6.07) is 0. The summed E-state index contributed by atoms with van der Waals surface area (Å²) in [4.78, 5) is 10.6. The minimum absolute atomic E-state index is 0.375. The molecule has 0 aromatic heterocycles. The predicted octanol–water partition coefficient (Wildman–Crippen LogP) is -0.527. The van der Waals surface area contributed by atoms with E-state index in [0.29, 0.717) is 6.54 Å². The van der Waals surface area contributed by atoms with Gasteiger partial charge in [-0.3, -0.25) is 4.79 Å². The zero-order chi connectivity index (χ0) is 8.20. The van der Waals surface area contributed by atoms with Gasteiger partial charge in [0.1, 0.15) is 0 Å². The van der Waals surface area contributed by atoms with Crippen LogP contribution in [0.25, 0.3) is 0 Å². The first-order valence-corrected chi connectivity index (χ1v) is 3.00. The van der Waals surface area contributed by atoms with Crippen LogP contribution in [-0.2, 0) is 4.79 Å². The van der Waals surface area contributed by atoms with Crippen molar-refractivity contribution in [2.45, 2.75) is 19.4 Å². The van der Waals surface area contributed by atoms with Crippen LogP contribution in [0.3, 0.4) is 0 Å². The molecule has 0 bridgehead atoms. The Bertz CT molecular complexity index is 167. The minimum atomic E-state index is -0.421. The molecule has 0 unspecified atom stereocenters. The standard InChI is InChI=1S/C7H12N2O/c1-4-6(10)9-7(2,3)5-8/h1H,5,8H2,2-3H3,(H,9,10). The second-order valence-corrected chi connectivity index (χ2v) is 2.69. The van der Waals surface area contributed by atoms with E-state index in [9.17, 15) is 4.79 Å². The molecule has 0 saturated carbocycles. The number of hydrogen-bond acceptors (Lipinski definition) is 2. The van der Waals surface area contributed by atoms with Crippen molar-refractivity contribution in [1.29, 1.82) is 0 Å². The van der Waals surface area contributed by atoms with Crippen LogP contribution in [0.5, 0.6) is 0 Å². The first-order valence-electron chi connectivity index (χ1n) is 3.00. The van der Waals surface area contributed by atoms with Gasteiger partial charge in [0.15, 0.2) is 0 Å². The van der Waals surface area contributed by atoms with Gasteiger partial charge in [-0.05, 0) is 19.8 Å². The molecule has 3 nitrogen and oxygen atoms in total. The Morgan fingerprint density at radius 3 is 2.60 bits per heavy atom. The average Bonchev–Trinajstić information content (AvgIpc) is 1.87. The molecule has 0 saturated heterocycles. The van der Waals surface area contributed by atoms with Gasteiger partial charge in [0.05, 0.1) is 0 Å². The Labute approximate surface area is 61.0 Å². The van der Waals surface area contributed by atoms with E-state index in [1.54, 1.807) is 0 Å². The number of rotatable bonds is 2. The summed E-state index contributed by atoms with van der Waals surface area (Å²) in [6.07, 6.45) is 4.83. The Balaban J connectivity index is 3.91. The molecule has 0 aromatic carbocycles. The highest BCUT2D eigenvalue weighted by molar-refractivity contribution is 5.93. The monoisotopic (exact) mass is 140 g/mol. The van der Waals surface area contributed by atoms with Gasteiger partial charge in [0.25, 0.3) is 5.91 Å². The zero-order valence-corrected chi connectivity index (χ0v) is 6.27. The SMILES string of the molecule is C#CC(=O)NC(C)(C)CN. The number of amides is 1. The highest BCUT2D eigenvalue weighted by Crippen LogP contribution is 1.96. The molecule has 0 atom stereocenters. The van der Waals surface area contributed by atoms with Crippen LogP contribution in [0.15, 0.2) is 0 Å². The van der Waals surface area contributed by atoms with E-state index in [1.165, 1.54) is 0 Å². The molecule has 0 aliphatic carbocycles. The molecule has 3 heteroatoms. The highest BCUT2D eigenvalue weighted by Gasteiger charge is 2.16. The quantitative estimate of drug-likeness (QED) is 0.507. The van der Waals surface area contributed by atoms with Gasteiger partial charge >= 0.3 is 0 Å². The van der Waals surface area contributed by atoms with E-state index in [0.717, 1.165) is 0 Å². The largest absolute Gasteiger partial charge is 0.339 e. The first kappa shape index (κ1) is 8.99. The number of terminal acetylenes is 1. The number of hydrogen-bond donors (Lipinski definition) is 2. The van der Waals surface area contributed by atoms with E-state index in [1.807, 2.05) is 19.8 Å². The number of carbonyl (C=O) groups is 1.